The molecule has 3 heterocycles. The van der Waals surface area contributed by atoms with Gasteiger partial charge in [0.15, 0.2) is 0 Å². The van der Waals surface area contributed by atoms with Gasteiger partial charge < -0.3 is 9.47 Å². The third-order valence-electron chi connectivity index (χ3n) is 7.02. The first-order valence-electron chi connectivity index (χ1n) is 10.9. The Bertz CT molecular complexity index is 1030. The van der Waals surface area contributed by atoms with E-state index < -0.39 is 0 Å². The molecule has 0 unspecified atom stereocenters. The standard InChI is InChI=1S/C25H31N3.ClH/c1-17-15-23-24(18(2)19(3)28(23)22-11-5-4-6-12-22)25(26-17)27-14-13-20-9-7-8-10-21(20)16-27;/h7-10,15,22H,4-6,11-14,16H2,1-3H3;1H. The third-order valence-corrected chi connectivity index (χ3v) is 7.02. The highest BCUT2D eigenvalue weighted by atomic mass is 35.5. The topological polar surface area (TPSA) is 21.1 Å². The molecular formula is C25H32ClN3. The van der Waals surface area contributed by atoms with Gasteiger partial charge in [-0.2, -0.15) is 0 Å². The summed E-state index contributed by atoms with van der Waals surface area (Å²) < 4.78 is 2.65. The monoisotopic (exact) mass is 409 g/mol. The van der Waals surface area contributed by atoms with Gasteiger partial charge in [0.25, 0.3) is 0 Å². The number of anilines is 1. The molecule has 2 aromatic heterocycles. The van der Waals surface area contributed by atoms with Crippen LogP contribution >= 0.6 is 12.4 Å². The lowest BCUT2D eigenvalue weighted by atomic mass is 9.95. The van der Waals surface area contributed by atoms with Crippen molar-refractivity contribution < 1.29 is 0 Å². The Balaban J connectivity index is 0.00000205. The van der Waals surface area contributed by atoms with Crippen molar-refractivity contribution in [1.29, 1.82) is 0 Å². The number of hydrogen-bond acceptors (Lipinski definition) is 2. The van der Waals surface area contributed by atoms with Gasteiger partial charge in [0.05, 0.1) is 5.52 Å². The van der Waals surface area contributed by atoms with Crippen molar-refractivity contribution in [3.05, 3.63) is 58.4 Å². The van der Waals surface area contributed by atoms with Crippen LogP contribution in [0, 0.1) is 20.8 Å². The van der Waals surface area contributed by atoms with Crippen molar-refractivity contribution >= 4 is 29.1 Å². The highest BCUT2D eigenvalue weighted by Gasteiger charge is 2.26. The quantitative estimate of drug-likeness (QED) is 0.484. The normalized spacial score (nSPS) is 17.3. The summed E-state index contributed by atoms with van der Waals surface area (Å²) in [6, 6.07) is 11.9. The fourth-order valence-electron chi connectivity index (χ4n) is 5.45. The average molecular weight is 410 g/mol. The molecule has 0 spiro atoms. The van der Waals surface area contributed by atoms with Crippen LogP contribution in [0.1, 0.15) is 66.2 Å². The Kier molecular flexibility index (Phi) is 5.61. The minimum Gasteiger partial charge on any atom is -0.351 e. The van der Waals surface area contributed by atoms with Crippen molar-refractivity contribution in [3.8, 4) is 0 Å². The zero-order chi connectivity index (χ0) is 19.3. The number of hydrogen-bond donors (Lipinski definition) is 0. The lowest BCUT2D eigenvalue weighted by Gasteiger charge is -2.31. The van der Waals surface area contributed by atoms with Crippen molar-refractivity contribution in [2.24, 2.45) is 0 Å². The minimum absolute atomic E-state index is 0. The first-order chi connectivity index (χ1) is 13.6. The molecule has 0 bridgehead atoms. The van der Waals surface area contributed by atoms with E-state index >= 15 is 0 Å². The number of rotatable bonds is 2. The van der Waals surface area contributed by atoms with Gasteiger partial charge >= 0.3 is 0 Å². The van der Waals surface area contributed by atoms with E-state index in [9.17, 15) is 0 Å². The molecule has 0 radical (unpaired) electrons. The van der Waals surface area contributed by atoms with E-state index in [2.05, 4.69) is 60.6 Å². The van der Waals surface area contributed by atoms with Gasteiger partial charge in [-0.15, -0.1) is 12.4 Å². The highest BCUT2D eigenvalue weighted by Crippen LogP contribution is 2.39. The average Bonchev–Trinajstić information content (AvgIpc) is 2.97. The predicted molar refractivity (Wildman–Crippen MR) is 125 cm³/mol. The summed E-state index contributed by atoms with van der Waals surface area (Å²) in [4.78, 5) is 7.58. The second-order valence-corrected chi connectivity index (χ2v) is 8.79. The van der Waals surface area contributed by atoms with Crippen LogP contribution in [-0.4, -0.2) is 16.1 Å². The van der Waals surface area contributed by atoms with Crippen molar-refractivity contribution in [1.82, 2.24) is 9.55 Å². The number of aromatic nitrogens is 2. The van der Waals surface area contributed by atoms with Gasteiger partial charge in [0, 0.05) is 35.9 Å². The Morgan fingerprint density at radius 3 is 2.45 bits per heavy atom. The maximum atomic E-state index is 5.07. The maximum absolute atomic E-state index is 5.07. The molecule has 1 aliphatic heterocycles. The zero-order valence-corrected chi connectivity index (χ0v) is 18.7. The van der Waals surface area contributed by atoms with Crippen LogP contribution in [0.3, 0.4) is 0 Å². The largest absolute Gasteiger partial charge is 0.351 e. The van der Waals surface area contributed by atoms with Gasteiger partial charge in [0.2, 0.25) is 0 Å². The smallest absolute Gasteiger partial charge is 0.138 e. The predicted octanol–water partition coefficient (Wildman–Crippen LogP) is 6.45. The molecule has 0 atom stereocenters. The summed E-state index contributed by atoms with van der Waals surface area (Å²) in [7, 11) is 0. The molecular weight excluding hydrogens is 378 g/mol. The van der Waals surface area contributed by atoms with Gasteiger partial charge in [-0.1, -0.05) is 43.5 Å². The molecule has 1 saturated carbocycles. The van der Waals surface area contributed by atoms with Gasteiger partial charge in [-0.05, 0) is 62.8 Å². The van der Waals surface area contributed by atoms with E-state index in [1.807, 2.05) is 0 Å². The fourth-order valence-corrected chi connectivity index (χ4v) is 5.45. The third kappa shape index (κ3) is 3.44. The molecule has 154 valence electrons. The number of nitrogens with zero attached hydrogens (tertiary/aromatic N) is 3. The number of fused-ring (bicyclic) bond motifs is 2. The molecule has 2 aliphatic rings. The Morgan fingerprint density at radius 1 is 0.966 bits per heavy atom. The van der Waals surface area contributed by atoms with Crippen LogP contribution in [-0.2, 0) is 13.0 Å². The number of benzene rings is 1. The molecule has 29 heavy (non-hydrogen) atoms. The van der Waals surface area contributed by atoms with Crippen LogP contribution in [0.25, 0.3) is 10.9 Å². The lowest BCUT2D eigenvalue weighted by Crippen LogP contribution is -2.31. The first-order valence-corrected chi connectivity index (χ1v) is 10.9. The fraction of sp³-hybridized carbons (Fsp3) is 0.480. The molecule has 5 rings (SSSR count). The second kappa shape index (κ2) is 8.02. The van der Waals surface area contributed by atoms with Crippen LogP contribution in [0.15, 0.2) is 30.3 Å². The molecule has 4 heteroatoms. The number of halogens is 1. The molecule has 1 aliphatic carbocycles. The summed E-state index contributed by atoms with van der Waals surface area (Å²) in [5, 5.41) is 1.38. The summed E-state index contributed by atoms with van der Waals surface area (Å²) in [6.07, 6.45) is 7.86. The van der Waals surface area contributed by atoms with Crippen LogP contribution < -0.4 is 4.90 Å². The van der Waals surface area contributed by atoms with Crippen molar-refractivity contribution in [2.75, 3.05) is 11.4 Å². The molecule has 3 aromatic rings. The molecule has 0 amide bonds. The van der Waals surface area contributed by atoms with Gasteiger partial charge in [-0.3, -0.25) is 0 Å². The van der Waals surface area contributed by atoms with Crippen LogP contribution in [0.4, 0.5) is 5.82 Å². The second-order valence-electron chi connectivity index (χ2n) is 8.79. The van der Waals surface area contributed by atoms with Crippen LogP contribution in [0.2, 0.25) is 0 Å². The van der Waals surface area contributed by atoms with E-state index in [1.54, 1.807) is 0 Å². The summed E-state index contributed by atoms with van der Waals surface area (Å²) in [5.74, 6) is 1.19. The van der Waals surface area contributed by atoms with Crippen molar-refractivity contribution in [3.63, 3.8) is 0 Å². The molecule has 1 aromatic carbocycles. The summed E-state index contributed by atoms with van der Waals surface area (Å²) >= 11 is 0. The number of aryl methyl sites for hydroxylation is 2. The van der Waals surface area contributed by atoms with Gasteiger partial charge in [-0.25, -0.2) is 4.98 Å². The van der Waals surface area contributed by atoms with E-state index in [4.69, 9.17) is 4.98 Å². The van der Waals surface area contributed by atoms with Crippen molar-refractivity contribution in [2.45, 2.75) is 71.9 Å². The Labute approximate surface area is 180 Å². The summed E-state index contributed by atoms with van der Waals surface area (Å²) in [6.45, 7) is 8.79. The highest BCUT2D eigenvalue weighted by molar-refractivity contribution is 5.95. The molecule has 0 saturated heterocycles. The molecule has 0 N–H and O–H groups in total. The van der Waals surface area contributed by atoms with E-state index in [1.165, 1.54) is 71.2 Å². The van der Waals surface area contributed by atoms with E-state index in [-0.39, 0.29) is 12.4 Å². The summed E-state index contributed by atoms with van der Waals surface area (Å²) in [5.41, 5.74) is 8.34. The van der Waals surface area contributed by atoms with Gasteiger partial charge in [0.1, 0.15) is 5.82 Å². The van der Waals surface area contributed by atoms with Crippen LogP contribution in [0.5, 0.6) is 0 Å². The first kappa shape index (κ1) is 20.3. The Hall–Kier alpha value is -2.00. The maximum Gasteiger partial charge on any atom is 0.138 e. The van der Waals surface area contributed by atoms with E-state index in [0.717, 1.165) is 25.2 Å². The van der Waals surface area contributed by atoms with E-state index in [0.29, 0.717) is 6.04 Å². The number of pyridine rings is 1. The zero-order valence-electron chi connectivity index (χ0n) is 17.9. The Morgan fingerprint density at radius 2 is 1.69 bits per heavy atom. The molecule has 3 nitrogen and oxygen atoms in total. The lowest BCUT2D eigenvalue weighted by molar-refractivity contribution is 0.356. The minimum atomic E-state index is 0. The SMILES string of the molecule is Cc1cc2c(c(N3CCc4ccccc4C3)n1)c(C)c(C)n2C1CCCCC1.Cl. The molecule has 1 fully saturated rings.